The second-order valence-corrected chi connectivity index (χ2v) is 27.9. The van der Waals surface area contributed by atoms with Crippen molar-refractivity contribution in [3.8, 4) is 0 Å². The van der Waals surface area contributed by atoms with Crippen molar-refractivity contribution < 1.29 is 19.8 Å². The zero-order valence-electron chi connectivity index (χ0n) is 71.9. The van der Waals surface area contributed by atoms with Gasteiger partial charge in [-0.05, 0) is 216 Å². The second-order valence-electron chi connectivity index (χ2n) is 27.9. The fraction of sp³-hybridized carbons (Fsp3) is 0.264. The van der Waals surface area contributed by atoms with E-state index in [1.165, 1.54) is 29.4 Å². The van der Waals surface area contributed by atoms with Crippen LogP contribution >= 0.6 is 0 Å². The van der Waals surface area contributed by atoms with E-state index in [4.69, 9.17) is 19.8 Å². The molecule has 19 rings (SSSR count). The van der Waals surface area contributed by atoms with Crippen molar-refractivity contribution in [1.82, 2.24) is 24.9 Å². The highest BCUT2D eigenvalue weighted by Gasteiger charge is 2.41. The molecule has 0 amide bonds. The van der Waals surface area contributed by atoms with Crippen LogP contribution in [0.2, 0.25) is 0 Å². The maximum Gasteiger partial charge on any atom is 0.159 e. The molecule has 5 aliphatic heterocycles. The van der Waals surface area contributed by atoms with E-state index < -0.39 is 25.9 Å². The van der Waals surface area contributed by atoms with Crippen molar-refractivity contribution in [3.05, 3.63) is 265 Å². The summed E-state index contributed by atoms with van der Waals surface area (Å²) < 4.78 is 77.5. The molecular weight excluding hydrogens is 1340 g/mol. The highest BCUT2D eigenvalue weighted by Crippen LogP contribution is 2.51. The molecule has 0 radical (unpaired) electrons. The lowest BCUT2D eigenvalue weighted by molar-refractivity contribution is 0.601. The van der Waals surface area contributed by atoms with Crippen molar-refractivity contribution in [2.45, 2.75) is 134 Å². The topological polar surface area (TPSA) is 123 Å². The van der Waals surface area contributed by atoms with Gasteiger partial charge in [-0.3, -0.25) is 0 Å². The predicted octanol–water partition coefficient (Wildman–Crippen LogP) is 22.0. The van der Waals surface area contributed by atoms with Crippen LogP contribution in [0, 0.1) is 34.6 Å². The molecule has 0 spiro atoms. The van der Waals surface area contributed by atoms with Gasteiger partial charge in [-0.2, -0.15) is 0 Å². The van der Waals surface area contributed by atoms with Crippen LogP contribution < -0.4 is 49.0 Å². The van der Waals surface area contributed by atoms with Crippen LogP contribution in [0.3, 0.4) is 0 Å². The van der Waals surface area contributed by atoms with Crippen LogP contribution in [-0.2, 0) is 0 Å². The Morgan fingerprint density at radius 2 is 0.713 bits per heavy atom. The Kier molecular flexibility index (Phi) is 17.1. The Morgan fingerprint density at radius 1 is 0.352 bits per heavy atom. The van der Waals surface area contributed by atoms with Crippen LogP contribution in [0.5, 0.6) is 0 Å². The van der Waals surface area contributed by atoms with Gasteiger partial charge in [0.1, 0.15) is 42.0 Å². The Labute approximate surface area is 646 Å². The van der Waals surface area contributed by atoms with Gasteiger partial charge in [0.05, 0.1) is 41.2 Å². The monoisotopic (exact) mass is 1440 g/mol. The number of aromatic nitrogens is 5. The van der Waals surface area contributed by atoms with Crippen LogP contribution in [0.1, 0.15) is 101 Å². The van der Waals surface area contributed by atoms with E-state index in [2.05, 4.69) is 206 Å². The first kappa shape index (κ1) is 62.1. The Bertz CT molecular complexity index is 5980. The summed E-state index contributed by atoms with van der Waals surface area (Å²) in [6.07, 6.45) is 8.55. The number of fused-ring (bicyclic) bond motifs is 11. The fourth-order valence-corrected chi connectivity index (χ4v) is 16.0. The van der Waals surface area contributed by atoms with Gasteiger partial charge in [0.25, 0.3) is 0 Å². The van der Waals surface area contributed by atoms with Crippen LogP contribution in [-0.4, -0.2) is 88.9 Å². The molecule has 0 fully saturated rings. The molecule has 12 heterocycles. The van der Waals surface area contributed by atoms with Gasteiger partial charge in [-0.1, -0.05) is 115 Å². The van der Waals surface area contributed by atoms with Crippen LogP contribution in [0.25, 0.3) is 43.9 Å². The zero-order valence-corrected chi connectivity index (χ0v) is 63.9. The first-order chi connectivity index (χ1) is 55.3. The minimum atomic E-state index is -2.46. The maximum atomic E-state index is 8.54. The summed E-state index contributed by atoms with van der Waals surface area (Å²) in [6.45, 7) is 19.9. The zero-order chi connectivity index (χ0) is 82.4. The first-order valence-corrected chi connectivity index (χ1v) is 36.8. The summed E-state index contributed by atoms with van der Waals surface area (Å²) in [7, 11) is 4.20. The fourth-order valence-electron chi connectivity index (χ4n) is 16.0. The third kappa shape index (κ3) is 12.4. The van der Waals surface area contributed by atoms with Crippen LogP contribution in [0.15, 0.2) is 246 Å². The van der Waals surface area contributed by atoms with Crippen molar-refractivity contribution in [2.24, 2.45) is 0 Å². The average molecular weight is 1440 g/mol. The number of nitrogens with zero attached hydrogens (tertiary/aromatic N) is 15. The number of rotatable bonds is 8. The quantitative estimate of drug-likeness (QED) is 0.143. The van der Waals surface area contributed by atoms with E-state index in [0.29, 0.717) is 11.6 Å². The number of para-hydroxylation sites is 5. The number of pyridine rings is 5. The summed E-state index contributed by atoms with van der Waals surface area (Å²) in [5, 5.41) is 4.43. The first-order valence-electron chi connectivity index (χ1n) is 40.8. The normalized spacial score (nSPS) is 19.3. The van der Waals surface area contributed by atoms with Gasteiger partial charge < -0.3 is 57.8 Å². The molecule has 5 aliphatic rings. The van der Waals surface area contributed by atoms with Gasteiger partial charge in [0.2, 0.25) is 0 Å². The molecule has 6 atom stereocenters. The molecule has 0 bridgehead atoms. The molecule has 0 saturated heterocycles. The molecule has 0 saturated carbocycles. The molecule has 7 aromatic heterocycles. The lowest BCUT2D eigenvalue weighted by atomic mass is 10.1. The predicted molar refractivity (Wildman–Crippen MR) is 450 cm³/mol. The summed E-state index contributed by atoms with van der Waals surface area (Å²) in [5.74, 6) is 4.00. The van der Waals surface area contributed by atoms with E-state index in [0.717, 1.165) is 124 Å². The third-order valence-corrected chi connectivity index (χ3v) is 21.5. The van der Waals surface area contributed by atoms with Gasteiger partial charge >= 0.3 is 0 Å². The van der Waals surface area contributed by atoms with Crippen molar-refractivity contribution in [3.63, 3.8) is 0 Å². The molecule has 1 unspecified atom stereocenters. The van der Waals surface area contributed by atoms with E-state index >= 15 is 0 Å². The minimum absolute atomic E-state index is 0.129. The number of hydrogen-bond donors (Lipinski definition) is 0. The lowest BCUT2D eigenvalue weighted by Gasteiger charge is -2.33. The lowest BCUT2D eigenvalue weighted by Crippen LogP contribution is -2.42. The van der Waals surface area contributed by atoms with Crippen molar-refractivity contribution in [2.75, 3.05) is 76.1 Å². The number of furan rings is 2. The smallest absolute Gasteiger partial charge is 0.159 e. The molecule has 17 heteroatoms. The number of aryl methyl sites for hydroxylation is 5. The summed E-state index contributed by atoms with van der Waals surface area (Å²) in [4.78, 5) is 43.0. The minimum Gasteiger partial charge on any atom is -0.454 e. The molecule has 7 aromatic carbocycles. The number of benzene rings is 7. The maximum absolute atomic E-state index is 8.54. The van der Waals surface area contributed by atoms with E-state index in [-0.39, 0.29) is 30.8 Å². The summed E-state index contributed by atoms with van der Waals surface area (Å²) in [6, 6.07) is 67.2. The molecule has 0 N–H and O–H groups in total. The molecule has 548 valence electrons. The highest BCUT2D eigenvalue weighted by molar-refractivity contribution is 6.12. The second kappa shape index (κ2) is 29.7. The summed E-state index contributed by atoms with van der Waals surface area (Å²) in [5.41, 5.74) is 19.5. The average Bonchev–Trinajstić information content (AvgIpc) is 1.59. The summed E-state index contributed by atoms with van der Waals surface area (Å²) >= 11 is 0. The largest absolute Gasteiger partial charge is 0.454 e. The van der Waals surface area contributed by atoms with Gasteiger partial charge in [0.15, 0.2) is 40.3 Å². The Morgan fingerprint density at radius 3 is 1.20 bits per heavy atom. The molecular formula is C91H97N15O2. The van der Waals surface area contributed by atoms with E-state index in [1.54, 1.807) is 47.1 Å². The highest BCUT2D eigenvalue weighted by atomic mass is 16.3. The SMILES string of the molecule is Cc1ccc2c(oc3ccccc32)c1N1c2ncccc2N(C)[C@H]1C.Cc1ccccc1N1c2cccnc2N(C)[C@H]1C.[2H]C([2H])(C)N1c2cccnc2N(c2c(C)ccc3c2oc2ccccc23)[C@@H]1C.[2H]C([2H])(C)N1c2ncccc2N(c2ccccc2C)[C@@H]1C.[2H]C([2H])([2H])C([2H])(C)N1c2ncccc2N(c2ccccc2C)[C@@H]1C. The van der Waals surface area contributed by atoms with Crippen molar-refractivity contribution in [1.29, 1.82) is 0 Å². The third-order valence-electron chi connectivity index (χ3n) is 21.5. The van der Waals surface area contributed by atoms with Crippen LogP contribution in [0.4, 0.5) is 86.0 Å². The standard InChI is InChI=1S/C22H21N3O.C21H19N3O.C17H21N3.C16H19N3.C15H17N3/c1-4-24-15(3)25(22-18(24)9-7-13-23-22)20-14(2)11-12-17-16-8-5-6-10-19(16)26-21(17)20;1-13-10-11-16-15-7-4-5-9-18(15)25-20(16)19(13)24-14(2)23(3)17-8-6-12-22-21(17)24;1-12(2)19-14(4)20(15-9-6-5-8-13(15)3)16-10-7-11-18-17(16)19;1-4-18-13(3)19(14-9-6-5-8-12(14)2)15-10-7-11-17-16(15)18;1-11-7-4-5-8-13(11)18-12(2)17(3)15-14(18)9-6-10-16-15/h5-13,15H,4H2,1-3H3;4-12,14H,1-3H3;5-12,14H,1-4H3;5-11,13H,4H2,1-3H3;4-10,12H,1-3H3/t15-;2*14-;13-;12-/m11111/s1/i4D2;;1D3,12D;4D2;/tm;;12?,14-;m;. The Hall–Kier alpha value is -12.1. The van der Waals surface area contributed by atoms with E-state index in [9.17, 15) is 0 Å². The molecule has 17 nitrogen and oxygen atoms in total. The Balaban J connectivity index is 0.000000115. The molecule has 14 aromatic rings. The van der Waals surface area contributed by atoms with Gasteiger partial charge in [-0.25, -0.2) is 24.9 Å². The van der Waals surface area contributed by atoms with Gasteiger partial charge in [0, 0.05) is 112 Å². The number of hydrogen-bond acceptors (Lipinski definition) is 17. The molecule has 0 aliphatic carbocycles. The van der Waals surface area contributed by atoms with Crippen molar-refractivity contribution >= 4 is 130 Å². The molecule has 108 heavy (non-hydrogen) atoms. The number of anilines is 15. The van der Waals surface area contributed by atoms with Gasteiger partial charge in [-0.15, -0.1) is 0 Å². The van der Waals surface area contributed by atoms with E-state index in [1.807, 2.05) is 155 Å².